The first-order valence-corrected chi connectivity index (χ1v) is 7.60. The molecule has 2 rings (SSSR count). The molecule has 2 aromatic rings. The Morgan fingerprint density at radius 3 is 2.52 bits per heavy atom. The number of anilines is 1. The molecule has 0 aliphatic heterocycles. The fraction of sp³-hybridized carbons (Fsp3) is 0.125. The average molecular weight is 363 g/mol. The van der Waals surface area contributed by atoms with E-state index in [0.29, 0.717) is 11.4 Å². The third-order valence-electron chi connectivity index (χ3n) is 3.07. The molecular weight excluding hydrogens is 348 g/mol. The van der Waals surface area contributed by atoms with Crippen LogP contribution in [0.3, 0.4) is 0 Å². The summed E-state index contributed by atoms with van der Waals surface area (Å²) in [5.41, 5.74) is 9.03. The molecule has 0 aliphatic rings. The van der Waals surface area contributed by atoms with Crippen LogP contribution in [0.2, 0.25) is 0 Å². The molecule has 0 heterocycles. The van der Waals surface area contributed by atoms with Crippen molar-refractivity contribution in [3.05, 3.63) is 63.6 Å². The summed E-state index contributed by atoms with van der Waals surface area (Å²) in [6.07, 6.45) is 0.323. The smallest absolute Gasteiger partial charge is 0.228 e. The van der Waals surface area contributed by atoms with Crippen LogP contribution < -0.4 is 11.1 Å². The second kappa shape index (κ2) is 6.83. The van der Waals surface area contributed by atoms with Crippen LogP contribution in [0.15, 0.2) is 46.9 Å². The molecule has 0 bridgehead atoms. The molecule has 0 atom stereocenters. The number of amides is 1. The highest BCUT2D eigenvalue weighted by Gasteiger charge is 2.08. The highest BCUT2D eigenvalue weighted by Crippen LogP contribution is 2.18. The van der Waals surface area contributed by atoms with Gasteiger partial charge in [0.25, 0.3) is 0 Å². The molecule has 0 fully saturated rings. The first-order valence-electron chi connectivity index (χ1n) is 6.40. The maximum absolute atomic E-state index is 12.1. The van der Waals surface area contributed by atoms with Crippen molar-refractivity contribution in [3.63, 3.8) is 0 Å². The minimum Gasteiger partial charge on any atom is -0.389 e. The van der Waals surface area contributed by atoms with Crippen LogP contribution in [-0.4, -0.2) is 10.9 Å². The van der Waals surface area contributed by atoms with Crippen LogP contribution in [-0.2, 0) is 11.2 Å². The summed E-state index contributed by atoms with van der Waals surface area (Å²) < 4.78 is 0.992. The first-order chi connectivity index (χ1) is 9.95. The number of aryl methyl sites for hydroxylation is 1. The van der Waals surface area contributed by atoms with Crippen molar-refractivity contribution in [2.24, 2.45) is 5.73 Å². The van der Waals surface area contributed by atoms with Crippen molar-refractivity contribution in [2.75, 3.05) is 5.32 Å². The zero-order chi connectivity index (χ0) is 15.4. The number of carbonyl (C=O) groups excluding carboxylic acids is 1. The third-order valence-corrected chi connectivity index (χ3v) is 3.84. The lowest BCUT2D eigenvalue weighted by Crippen LogP contribution is -2.16. The Kier molecular flexibility index (Phi) is 5.09. The number of halogens is 1. The van der Waals surface area contributed by atoms with Gasteiger partial charge in [-0.05, 0) is 36.2 Å². The van der Waals surface area contributed by atoms with Crippen LogP contribution in [0.5, 0.6) is 0 Å². The number of hydrogen-bond donors (Lipinski definition) is 2. The molecule has 0 spiro atoms. The SMILES string of the molecule is Cc1ccc(C(N)=S)cc1NC(=O)Cc1ccc(Br)cc1. The lowest BCUT2D eigenvalue weighted by atomic mass is 10.1. The summed E-state index contributed by atoms with van der Waals surface area (Å²) in [4.78, 5) is 12.4. The van der Waals surface area contributed by atoms with E-state index in [4.69, 9.17) is 18.0 Å². The Balaban J connectivity index is 2.10. The van der Waals surface area contributed by atoms with E-state index >= 15 is 0 Å². The molecule has 0 radical (unpaired) electrons. The van der Waals surface area contributed by atoms with Gasteiger partial charge in [-0.3, -0.25) is 4.79 Å². The van der Waals surface area contributed by atoms with Crippen LogP contribution in [0.25, 0.3) is 0 Å². The second-order valence-corrected chi connectivity index (χ2v) is 6.10. The molecule has 2 aromatic carbocycles. The molecule has 0 aliphatic carbocycles. The van der Waals surface area contributed by atoms with Gasteiger partial charge in [0, 0.05) is 15.7 Å². The fourth-order valence-corrected chi connectivity index (χ4v) is 2.28. The Morgan fingerprint density at radius 1 is 1.24 bits per heavy atom. The topological polar surface area (TPSA) is 55.1 Å². The Labute approximate surface area is 137 Å². The van der Waals surface area contributed by atoms with Gasteiger partial charge < -0.3 is 11.1 Å². The van der Waals surface area contributed by atoms with Gasteiger partial charge in [0.05, 0.1) is 6.42 Å². The number of hydrogen-bond acceptors (Lipinski definition) is 2. The van der Waals surface area contributed by atoms with Crippen molar-refractivity contribution in [1.82, 2.24) is 0 Å². The standard InChI is InChI=1S/C16H15BrN2OS/c1-10-2-5-12(16(18)21)9-14(10)19-15(20)8-11-3-6-13(17)7-4-11/h2-7,9H,8H2,1H3,(H2,18,21)(H,19,20). The summed E-state index contributed by atoms with van der Waals surface area (Å²) in [7, 11) is 0. The van der Waals surface area contributed by atoms with Gasteiger partial charge in [0.1, 0.15) is 4.99 Å². The van der Waals surface area contributed by atoms with Crippen LogP contribution >= 0.6 is 28.1 Å². The molecule has 0 saturated heterocycles. The average Bonchev–Trinajstić information content (AvgIpc) is 2.43. The van der Waals surface area contributed by atoms with Crippen LogP contribution in [0.1, 0.15) is 16.7 Å². The molecule has 3 nitrogen and oxygen atoms in total. The Bertz CT molecular complexity index is 683. The number of carbonyl (C=O) groups is 1. The van der Waals surface area contributed by atoms with E-state index in [1.54, 1.807) is 6.07 Å². The van der Waals surface area contributed by atoms with E-state index in [0.717, 1.165) is 26.9 Å². The lowest BCUT2D eigenvalue weighted by molar-refractivity contribution is -0.115. The van der Waals surface area contributed by atoms with Crippen molar-refractivity contribution in [3.8, 4) is 0 Å². The predicted molar refractivity (Wildman–Crippen MR) is 93.5 cm³/mol. The summed E-state index contributed by atoms with van der Waals surface area (Å²) in [5, 5.41) is 2.90. The minimum absolute atomic E-state index is 0.0690. The zero-order valence-corrected chi connectivity index (χ0v) is 13.9. The maximum Gasteiger partial charge on any atom is 0.228 e. The molecule has 0 aromatic heterocycles. The van der Waals surface area contributed by atoms with E-state index in [1.807, 2.05) is 43.3 Å². The summed E-state index contributed by atoms with van der Waals surface area (Å²) in [6.45, 7) is 1.93. The number of nitrogens with two attached hydrogens (primary N) is 1. The van der Waals surface area contributed by atoms with Gasteiger partial charge in [0.2, 0.25) is 5.91 Å². The number of thiocarbonyl (C=S) groups is 1. The van der Waals surface area contributed by atoms with Gasteiger partial charge in [-0.1, -0.05) is 52.4 Å². The van der Waals surface area contributed by atoms with Crippen molar-refractivity contribution in [1.29, 1.82) is 0 Å². The normalized spacial score (nSPS) is 10.2. The van der Waals surface area contributed by atoms with Crippen LogP contribution in [0.4, 0.5) is 5.69 Å². The molecule has 0 unspecified atom stereocenters. The van der Waals surface area contributed by atoms with Gasteiger partial charge in [-0.2, -0.15) is 0 Å². The van der Waals surface area contributed by atoms with E-state index in [-0.39, 0.29) is 5.91 Å². The number of rotatable bonds is 4. The largest absolute Gasteiger partial charge is 0.389 e. The maximum atomic E-state index is 12.1. The van der Waals surface area contributed by atoms with Gasteiger partial charge in [-0.15, -0.1) is 0 Å². The molecule has 21 heavy (non-hydrogen) atoms. The Hall–Kier alpha value is -1.72. The van der Waals surface area contributed by atoms with Crippen molar-refractivity contribution in [2.45, 2.75) is 13.3 Å². The number of benzene rings is 2. The highest BCUT2D eigenvalue weighted by atomic mass is 79.9. The summed E-state index contributed by atoms with van der Waals surface area (Å²) in [6, 6.07) is 13.2. The van der Waals surface area contributed by atoms with Gasteiger partial charge in [-0.25, -0.2) is 0 Å². The summed E-state index contributed by atoms with van der Waals surface area (Å²) in [5.74, 6) is -0.0690. The minimum atomic E-state index is -0.0690. The molecule has 3 N–H and O–H groups in total. The second-order valence-electron chi connectivity index (χ2n) is 4.75. The molecule has 1 amide bonds. The highest BCUT2D eigenvalue weighted by molar-refractivity contribution is 9.10. The van der Waals surface area contributed by atoms with Crippen molar-refractivity contribution < 1.29 is 4.79 Å². The molecular formula is C16H15BrN2OS. The lowest BCUT2D eigenvalue weighted by Gasteiger charge is -2.10. The third kappa shape index (κ3) is 4.37. The van der Waals surface area contributed by atoms with Crippen LogP contribution in [0, 0.1) is 6.92 Å². The first kappa shape index (κ1) is 15.7. The quantitative estimate of drug-likeness (QED) is 0.817. The van der Waals surface area contributed by atoms with Crippen molar-refractivity contribution >= 4 is 44.7 Å². The Morgan fingerprint density at radius 2 is 1.90 bits per heavy atom. The fourth-order valence-electron chi connectivity index (χ4n) is 1.89. The monoisotopic (exact) mass is 362 g/mol. The van der Waals surface area contributed by atoms with E-state index in [9.17, 15) is 4.79 Å². The molecule has 108 valence electrons. The number of nitrogens with one attached hydrogen (secondary N) is 1. The van der Waals surface area contributed by atoms with Gasteiger partial charge >= 0.3 is 0 Å². The van der Waals surface area contributed by atoms with E-state index < -0.39 is 0 Å². The van der Waals surface area contributed by atoms with E-state index in [1.165, 1.54) is 0 Å². The molecule has 5 heteroatoms. The molecule has 0 saturated carbocycles. The van der Waals surface area contributed by atoms with E-state index in [2.05, 4.69) is 21.2 Å². The zero-order valence-electron chi connectivity index (χ0n) is 11.5. The summed E-state index contributed by atoms with van der Waals surface area (Å²) >= 11 is 8.33. The predicted octanol–water partition coefficient (Wildman–Crippen LogP) is 3.57. The van der Waals surface area contributed by atoms with Gasteiger partial charge in [0.15, 0.2) is 0 Å².